The van der Waals surface area contributed by atoms with Gasteiger partial charge in [0.05, 0.1) is 4.47 Å². The van der Waals surface area contributed by atoms with E-state index in [1.165, 1.54) is 0 Å². The maximum absolute atomic E-state index is 13.3. The van der Waals surface area contributed by atoms with Crippen LogP contribution >= 0.6 is 15.9 Å². The molecule has 1 saturated heterocycles. The van der Waals surface area contributed by atoms with E-state index >= 15 is 0 Å². The molecule has 16 heavy (non-hydrogen) atoms. The zero-order chi connectivity index (χ0) is 11.7. The van der Waals surface area contributed by atoms with E-state index in [1.54, 1.807) is 6.07 Å². The van der Waals surface area contributed by atoms with E-state index in [1.807, 2.05) is 0 Å². The summed E-state index contributed by atoms with van der Waals surface area (Å²) in [6.07, 6.45) is 1.76. The molecule has 88 valence electrons. The summed E-state index contributed by atoms with van der Waals surface area (Å²) in [5.41, 5.74) is 0.618. The molecule has 3 N–H and O–H groups in total. The molecule has 2 rings (SSSR count). The SMILES string of the molecule is Oc1c(C2CCNCC2)cc(Br)c(F)c1O. The van der Waals surface area contributed by atoms with Gasteiger partial charge in [0, 0.05) is 5.56 Å². The number of hydrogen-bond acceptors (Lipinski definition) is 3. The topological polar surface area (TPSA) is 52.5 Å². The highest BCUT2D eigenvalue weighted by Gasteiger charge is 2.23. The molecule has 1 aromatic rings. The molecule has 1 aliphatic rings. The summed E-state index contributed by atoms with van der Waals surface area (Å²) in [6, 6.07) is 1.56. The third kappa shape index (κ3) is 2.01. The lowest BCUT2D eigenvalue weighted by Gasteiger charge is -2.24. The Morgan fingerprint density at radius 1 is 1.25 bits per heavy atom. The van der Waals surface area contributed by atoms with E-state index in [0.717, 1.165) is 25.9 Å². The van der Waals surface area contributed by atoms with E-state index in [-0.39, 0.29) is 16.1 Å². The fraction of sp³-hybridized carbons (Fsp3) is 0.455. The first-order valence-electron chi connectivity index (χ1n) is 5.21. The number of phenolic OH excluding ortho intramolecular Hbond substituents is 2. The van der Waals surface area contributed by atoms with Crippen LogP contribution in [0.1, 0.15) is 24.3 Å². The number of halogens is 2. The largest absolute Gasteiger partial charge is 0.504 e. The Kier molecular flexibility index (Phi) is 3.35. The van der Waals surface area contributed by atoms with Gasteiger partial charge in [-0.1, -0.05) is 0 Å². The predicted molar refractivity (Wildman–Crippen MR) is 62.3 cm³/mol. The summed E-state index contributed by atoms with van der Waals surface area (Å²) in [5, 5.41) is 22.4. The Morgan fingerprint density at radius 2 is 1.88 bits per heavy atom. The summed E-state index contributed by atoms with van der Waals surface area (Å²) in [4.78, 5) is 0. The molecule has 3 nitrogen and oxygen atoms in total. The molecule has 0 bridgehead atoms. The Morgan fingerprint density at radius 3 is 2.50 bits per heavy atom. The average molecular weight is 290 g/mol. The molecule has 0 atom stereocenters. The molecule has 5 heteroatoms. The van der Waals surface area contributed by atoms with Crippen LogP contribution in [-0.2, 0) is 0 Å². The minimum Gasteiger partial charge on any atom is -0.504 e. The number of hydrogen-bond donors (Lipinski definition) is 3. The van der Waals surface area contributed by atoms with E-state index in [0.29, 0.717) is 5.56 Å². The lowest BCUT2D eigenvalue weighted by atomic mass is 9.89. The minimum absolute atomic E-state index is 0.170. The molecular formula is C11H13BrFNO2. The normalized spacial score (nSPS) is 17.6. The fourth-order valence-corrected chi connectivity index (χ4v) is 2.50. The predicted octanol–water partition coefficient (Wildman–Crippen LogP) is 2.47. The molecule has 0 spiro atoms. The van der Waals surface area contributed by atoms with Crippen LogP contribution in [0.15, 0.2) is 10.5 Å². The quantitative estimate of drug-likeness (QED) is 0.696. The van der Waals surface area contributed by atoms with Crippen molar-refractivity contribution in [1.82, 2.24) is 5.32 Å². The third-order valence-corrected chi connectivity index (χ3v) is 3.55. The first kappa shape index (κ1) is 11.7. The molecule has 0 unspecified atom stereocenters. The third-order valence-electron chi connectivity index (χ3n) is 2.98. The van der Waals surface area contributed by atoms with Crippen LogP contribution < -0.4 is 5.32 Å². The van der Waals surface area contributed by atoms with Crippen LogP contribution in [0.2, 0.25) is 0 Å². The molecule has 1 aliphatic heterocycles. The standard InChI is InChI=1S/C11H13BrFNO2/c12-8-5-7(6-1-3-14-4-2-6)10(15)11(16)9(8)13/h5-6,14-16H,1-4H2. The molecule has 1 fully saturated rings. The highest BCUT2D eigenvalue weighted by molar-refractivity contribution is 9.10. The van der Waals surface area contributed by atoms with Gasteiger partial charge in [-0.25, -0.2) is 4.39 Å². The Balaban J connectivity index is 2.40. The van der Waals surface area contributed by atoms with Gasteiger partial charge in [0.1, 0.15) is 0 Å². The lowest BCUT2D eigenvalue weighted by Crippen LogP contribution is -2.26. The molecule has 1 aromatic carbocycles. The lowest BCUT2D eigenvalue weighted by molar-refractivity contribution is 0.364. The average Bonchev–Trinajstić information content (AvgIpc) is 2.32. The number of aromatic hydroxyl groups is 2. The molecule has 0 amide bonds. The van der Waals surface area contributed by atoms with E-state index < -0.39 is 11.6 Å². The van der Waals surface area contributed by atoms with Gasteiger partial charge in [-0.15, -0.1) is 0 Å². The van der Waals surface area contributed by atoms with Gasteiger partial charge in [-0.2, -0.15) is 0 Å². The van der Waals surface area contributed by atoms with Crippen LogP contribution in [0.25, 0.3) is 0 Å². The Labute approximate surface area is 101 Å². The molecule has 0 saturated carbocycles. The highest BCUT2D eigenvalue weighted by atomic mass is 79.9. The van der Waals surface area contributed by atoms with Crippen molar-refractivity contribution >= 4 is 15.9 Å². The smallest absolute Gasteiger partial charge is 0.195 e. The van der Waals surface area contributed by atoms with Crippen molar-refractivity contribution in [2.75, 3.05) is 13.1 Å². The molecule has 0 radical (unpaired) electrons. The second kappa shape index (κ2) is 4.59. The maximum atomic E-state index is 13.3. The monoisotopic (exact) mass is 289 g/mol. The fourth-order valence-electron chi connectivity index (χ4n) is 2.07. The van der Waals surface area contributed by atoms with Gasteiger partial charge in [-0.3, -0.25) is 0 Å². The zero-order valence-electron chi connectivity index (χ0n) is 8.63. The summed E-state index contributed by atoms with van der Waals surface area (Å²) in [7, 11) is 0. The number of rotatable bonds is 1. The second-order valence-electron chi connectivity index (χ2n) is 3.98. The van der Waals surface area contributed by atoms with Crippen LogP contribution in [-0.4, -0.2) is 23.3 Å². The second-order valence-corrected chi connectivity index (χ2v) is 4.84. The van der Waals surface area contributed by atoms with E-state index in [2.05, 4.69) is 21.2 Å². The van der Waals surface area contributed by atoms with Gasteiger partial charge >= 0.3 is 0 Å². The van der Waals surface area contributed by atoms with Gasteiger partial charge < -0.3 is 15.5 Å². The summed E-state index contributed by atoms with van der Waals surface area (Å²) in [6.45, 7) is 1.75. The first-order chi connectivity index (χ1) is 7.61. The van der Waals surface area contributed by atoms with Gasteiger partial charge in [0.25, 0.3) is 0 Å². The summed E-state index contributed by atoms with van der Waals surface area (Å²) < 4.78 is 13.5. The number of benzene rings is 1. The summed E-state index contributed by atoms with van der Waals surface area (Å²) >= 11 is 3.04. The maximum Gasteiger partial charge on any atom is 0.195 e. The number of nitrogens with one attached hydrogen (secondary N) is 1. The molecular weight excluding hydrogens is 277 g/mol. The van der Waals surface area contributed by atoms with Crippen LogP contribution in [0.4, 0.5) is 4.39 Å². The van der Waals surface area contributed by atoms with Crippen LogP contribution in [0.5, 0.6) is 11.5 Å². The van der Waals surface area contributed by atoms with Crippen LogP contribution in [0, 0.1) is 5.82 Å². The van der Waals surface area contributed by atoms with Crippen molar-refractivity contribution < 1.29 is 14.6 Å². The van der Waals surface area contributed by atoms with Gasteiger partial charge in [-0.05, 0) is 53.8 Å². The van der Waals surface area contributed by atoms with Crippen molar-refractivity contribution in [2.24, 2.45) is 0 Å². The van der Waals surface area contributed by atoms with Gasteiger partial charge in [0.2, 0.25) is 0 Å². The molecule has 0 aliphatic carbocycles. The molecule has 1 heterocycles. The molecule has 0 aromatic heterocycles. The zero-order valence-corrected chi connectivity index (χ0v) is 10.2. The summed E-state index contributed by atoms with van der Waals surface area (Å²) in [5.74, 6) is -1.63. The van der Waals surface area contributed by atoms with Crippen molar-refractivity contribution in [3.8, 4) is 11.5 Å². The number of phenols is 2. The minimum atomic E-state index is -0.810. The van der Waals surface area contributed by atoms with Crippen molar-refractivity contribution in [2.45, 2.75) is 18.8 Å². The van der Waals surface area contributed by atoms with Crippen molar-refractivity contribution in [3.63, 3.8) is 0 Å². The van der Waals surface area contributed by atoms with E-state index in [9.17, 15) is 14.6 Å². The first-order valence-corrected chi connectivity index (χ1v) is 6.01. The van der Waals surface area contributed by atoms with Crippen molar-refractivity contribution in [3.05, 3.63) is 21.9 Å². The van der Waals surface area contributed by atoms with E-state index in [4.69, 9.17) is 0 Å². The highest BCUT2D eigenvalue weighted by Crippen LogP contribution is 2.42. The van der Waals surface area contributed by atoms with Gasteiger partial charge in [0.15, 0.2) is 17.3 Å². The van der Waals surface area contributed by atoms with Crippen molar-refractivity contribution in [1.29, 1.82) is 0 Å². The Hall–Kier alpha value is -0.810. The Bertz CT molecular complexity index is 405. The van der Waals surface area contributed by atoms with Crippen LogP contribution in [0.3, 0.4) is 0 Å². The number of piperidine rings is 1.